The van der Waals surface area contributed by atoms with Crippen LogP contribution in [0.3, 0.4) is 0 Å². The minimum Gasteiger partial charge on any atom is -0.493 e. The summed E-state index contributed by atoms with van der Waals surface area (Å²) in [7, 11) is 0. The van der Waals surface area contributed by atoms with Crippen LogP contribution >= 0.6 is 0 Å². The number of hydrogen-bond donors (Lipinski definition) is 7. The minimum absolute atomic E-state index is 0.0608. The summed E-state index contributed by atoms with van der Waals surface area (Å²) in [5.41, 5.74) is 5.81. The van der Waals surface area contributed by atoms with Crippen molar-refractivity contribution < 1.29 is 44.3 Å². The van der Waals surface area contributed by atoms with Crippen LogP contribution in [-0.2, 0) is 19.1 Å². The van der Waals surface area contributed by atoms with Crippen LogP contribution < -0.4 is 21.1 Å². The lowest BCUT2D eigenvalue weighted by molar-refractivity contribution is -0.145. The molecule has 1 aromatic rings. The normalized spacial score (nSPS) is 21.9. The zero-order valence-corrected chi connectivity index (χ0v) is 18.3. The summed E-state index contributed by atoms with van der Waals surface area (Å²) in [5, 5.41) is 43.5. The van der Waals surface area contributed by atoms with E-state index in [0.717, 1.165) is 6.08 Å². The quantitative estimate of drug-likeness (QED) is 0.142. The van der Waals surface area contributed by atoms with Gasteiger partial charge in [-0.1, -0.05) is 18.2 Å². The molecule has 13 heteroatoms. The molecule has 34 heavy (non-hydrogen) atoms. The van der Waals surface area contributed by atoms with Crippen LogP contribution in [0.2, 0.25) is 0 Å². The molecule has 2 amide bonds. The molecule has 13 nitrogen and oxygen atoms in total. The van der Waals surface area contributed by atoms with E-state index in [1.165, 1.54) is 6.92 Å². The summed E-state index contributed by atoms with van der Waals surface area (Å²) in [6, 6.07) is 6.45. The Kier molecular flexibility index (Phi) is 9.79. The van der Waals surface area contributed by atoms with Crippen LogP contribution in [0, 0.1) is 0 Å². The number of aliphatic carboxylic acids is 1. The van der Waals surface area contributed by atoms with Gasteiger partial charge in [0.2, 0.25) is 17.6 Å². The van der Waals surface area contributed by atoms with E-state index in [9.17, 15) is 29.7 Å². The van der Waals surface area contributed by atoms with Crippen molar-refractivity contribution in [3.05, 3.63) is 42.2 Å². The number of aliphatic hydroxyl groups is 3. The summed E-state index contributed by atoms with van der Waals surface area (Å²) in [6.45, 7) is 0.378. The second kappa shape index (κ2) is 12.5. The van der Waals surface area contributed by atoms with Crippen molar-refractivity contribution in [3.8, 4) is 5.75 Å². The second-order valence-corrected chi connectivity index (χ2v) is 7.35. The number of guanidine groups is 1. The number of rotatable bonds is 10. The Hall–Kier alpha value is -3.68. The van der Waals surface area contributed by atoms with Crippen molar-refractivity contribution >= 4 is 23.7 Å². The highest BCUT2D eigenvalue weighted by Crippen LogP contribution is 2.25. The van der Waals surface area contributed by atoms with E-state index >= 15 is 0 Å². The molecule has 8 N–H and O–H groups in total. The molecule has 0 spiro atoms. The maximum Gasteiger partial charge on any atom is 0.370 e. The number of carboxylic acids is 1. The number of nitrogens with two attached hydrogens (primary N) is 1. The molecule has 0 fully saturated rings. The molecule has 0 radical (unpaired) electrons. The maximum absolute atomic E-state index is 12.2. The molecule has 0 unspecified atom stereocenters. The standard InChI is InChI=1S/C21H28N4O9/c1-11(27)23-17-13(9-15(20(31)32)34-19(17)18(30)14(28)10-26)24-21(22)25-16(29)7-8-33-12-5-3-2-4-6-12/h2-6,9,13-14,17-19,26,28,30H,7-8,10H2,1H3,(H,23,27)(H,31,32)(H3,22,24,25,29)/t13-,14+,17+,18+,19+/m0/s1. The predicted octanol–water partition coefficient (Wildman–Crippen LogP) is -2.16. The third-order valence-corrected chi connectivity index (χ3v) is 4.70. The van der Waals surface area contributed by atoms with Crippen LogP contribution in [-0.4, -0.2) is 87.8 Å². The summed E-state index contributed by atoms with van der Waals surface area (Å²) in [6.07, 6.45) is -4.00. The molecule has 0 saturated carbocycles. The van der Waals surface area contributed by atoms with E-state index in [1.807, 2.05) is 6.07 Å². The molecule has 2 rings (SSSR count). The number of ether oxygens (including phenoxy) is 2. The zero-order chi connectivity index (χ0) is 25.3. The number of benzene rings is 1. The zero-order valence-electron chi connectivity index (χ0n) is 18.3. The summed E-state index contributed by atoms with van der Waals surface area (Å²) in [5.74, 6) is -3.03. The van der Waals surface area contributed by atoms with Gasteiger partial charge in [-0.25, -0.2) is 9.79 Å². The smallest absolute Gasteiger partial charge is 0.370 e. The fourth-order valence-electron chi connectivity index (χ4n) is 3.14. The van der Waals surface area contributed by atoms with E-state index in [4.69, 9.17) is 20.3 Å². The maximum atomic E-state index is 12.2. The lowest BCUT2D eigenvalue weighted by Crippen LogP contribution is -2.60. The molecule has 0 aromatic heterocycles. The van der Waals surface area contributed by atoms with E-state index < -0.39 is 60.5 Å². The highest BCUT2D eigenvalue weighted by Gasteiger charge is 2.43. The van der Waals surface area contributed by atoms with Crippen LogP contribution in [0.1, 0.15) is 13.3 Å². The number of amides is 2. The minimum atomic E-state index is -1.78. The van der Waals surface area contributed by atoms with E-state index in [1.54, 1.807) is 24.3 Å². The van der Waals surface area contributed by atoms with Gasteiger partial charge >= 0.3 is 5.97 Å². The Balaban J connectivity index is 2.16. The van der Waals surface area contributed by atoms with Gasteiger partial charge in [-0.3, -0.25) is 14.9 Å². The number of carboxylic acid groups (broad SMARTS) is 1. The number of carbonyl (C=O) groups is 3. The molecule has 1 aromatic carbocycles. The van der Waals surface area contributed by atoms with Crippen LogP contribution in [0.15, 0.2) is 47.2 Å². The number of carbonyl (C=O) groups excluding carboxylic acids is 2. The van der Waals surface area contributed by atoms with Gasteiger partial charge in [-0.15, -0.1) is 0 Å². The van der Waals surface area contributed by atoms with Gasteiger partial charge in [0, 0.05) is 6.92 Å². The number of para-hydroxylation sites is 1. The van der Waals surface area contributed by atoms with Gasteiger partial charge in [-0.05, 0) is 18.2 Å². The lowest BCUT2D eigenvalue weighted by Gasteiger charge is -2.38. The number of aliphatic hydroxyl groups excluding tert-OH is 3. The van der Waals surface area contributed by atoms with Gasteiger partial charge in [0.05, 0.1) is 31.7 Å². The summed E-state index contributed by atoms with van der Waals surface area (Å²) < 4.78 is 10.7. The highest BCUT2D eigenvalue weighted by molar-refractivity contribution is 5.96. The Bertz CT molecular complexity index is 922. The molecule has 5 atom stereocenters. The lowest BCUT2D eigenvalue weighted by atomic mass is 9.92. The van der Waals surface area contributed by atoms with E-state index in [2.05, 4.69) is 15.6 Å². The fourth-order valence-corrected chi connectivity index (χ4v) is 3.14. The average molecular weight is 480 g/mol. The Morgan fingerprint density at radius 2 is 1.91 bits per heavy atom. The van der Waals surface area contributed by atoms with Crippen molar-refractivity contribution in [1.82, 2.24) is 10.6 Å². The van der Waals surface area contributed by atoms with E-state index in [0.29, 0.717) is 5.75 Å². The van der Waals surface area contributed by atoms with Crippen molar-refractivity contribution in [3.63, 3.8) is 0 Å². The van der Waals surface area contributed by atoms with E-state index in [-0.39, 0.29) is 19.0 Å². The molecule has 0 bridgehead atoms. The van der Waals surface area contributed by atoms with Gasteiger partial charge in [0.15, 0.2) is 5.96 Å². The van der Waals surface area contributed by atoms with Crippen molar-refractivity contribution in [1.29, 1.82) is 0 Å². The highest BCUT2D eigenvalue weighted by atomic mass is 16.5. The predicted molar refractivity (Wildman–Crippen MR) is 117 cm³/mol. The van der Waals surface area contributed by atoms with Crippen LogP contribution in [0.4, 0.5) is 0 Å². The first-order chi connectivity index (χ1) is 16.1. The van der Waals surface area contributed by atoms with Crippen LogP contribution in [0.25, 0.3) is 0 Å². The van der Waals surface area contributed by atoms with Crippen molar-refractivity contribution in [2.24, 2.45) is 10.7 Å². The average Bonchev–Trinajstić information content (AvgIpc) is 2.79. The topological polar surface area (TPSA) is 213 Å². The number of aliphatic imine (C=N–C) groups is 1. The first-order valence-electron chi connectivity index (χ1n) is 10.3. The Morgan fingerprint density at radius 3 is 2.50 bits per heavy atom. The Labute approximate surface area is 194 Å². The number of nitrogens with zero attached hydrogens (tertiary/aromatic N) is 1. The SMILES string of the molecule is CC(=O)N[C@H]1[C@H]([C@H](O)[C@H](O)CO)OC(C(=O)O)=C[C@@H]1N=C(N)NC(=O)CCOc1ccccc1. The fraction of sp³-hybridized carbons (Fsp3) is 0.429. The largest absolute Gasteiger partial charge is 0.493 e. The third-order valence-electron chi connectivity index (χ3n) is 4.70. The molecular formula is C21H28N4O9. The van der Waals surface area contributed by atoms with Gasteiger partial charge in [0.1, 0.15) is 24.1 Å². The second-order valence-electron chi connectivity index (χ2n) is 7.35. The van der Waals surface area contributed by atoms with Crippen molar-refractivity contribution in [2.45, 2.75) is 43.7 Å². The molecule has 186 valence electrons. The first-order valence-corrected chi connectivity index (χ1v) is 10.3. The summed E-state index contributed by atoms with van der Waals surface area (Å²) in [4.78, 5) is 39.4. The van der Waals surface area contributed by atoms with Crippen LogP contribution in [0.5, 0.6) is 5.75 Å². The number of nitrogens with one attached hydrogen (secondary N) is 2. The van der Waals surface area contributed by atoms with Crippen molar-refractivity contribution in [2.75, 3.05) is 13.2 Å². The number of hydrogen-bond acceptors (Lipinski definition) is 9. The van der Waals surface area contributed by atoms with Gasteiger partial charge in [0.25, 0.3) is 0 Å². The molecule has 0 aliphatic carbocycles. The molecule has 0 saturated heterocycles. The summed E-state index contributed by atoms with van der Waals surface area (Å²) >= 11 is 0. The molecule has 1 aliphatic heterocycles. The van der Waals surface area contributed by atoms with Gasteiger partial charge < -0.3 is 41.0 Å². The Morgan fingerprint density at radius 1 is 1.24 bits per heavy atom. The monoisotopic (exact) mass is 480 g/mol. The molecule has 1 aliphatic rings. The third kappa shape index (κ3) is 7.72. The van der Waals surface area contributed by atoms with Gasteiger partial charge in [-0.2, -0.15) is 0 Å². The first kappa shape index (κ1) is 26.6. The molecule has 1 heterocycles. The molecular weight excluding hydrogens is 452 g/mol.